The van der Waals surface area contributed by atoms with Crippen LogP contribution in [0.15, 0.2) is 42.5 Å². The molecule has 0 bridgehead atoms. The zero-order valence-corrected chi connectivity index (χ0v) is 13.8. The summed E-state index contributed by atoms with van der Waals surface area (Å²) >= 11 is 2.15. The standard InChI is InChI=1S/C16H15FINO2/c1-10(11-6-7-15(21-2)14(17)9-11)19-16(20)12-4-3-5-13(18)8-12/h3-10H,1-2H3,(H,19,20)/t10-/m0/s1. The van der Waals surface area contributed by atoms with Crippen LogP contribution in [0.1, 0.15) is 28.9 Å². The molecule has 2 aromatic rings. The Kier molecular flexibility index (Phi) is 5.17. The lowest BCUT2D eigenvalue weighted by atomic mass is 10.1. The molecule has 2 aromatic carbocycles. The zero-order valence-electron chi connectivity index (χ0n) is 11.7. The van der Waals surface area contributed by atoms with Gasteiger partial charge < -0.3 is 10.1 Å². The van der Waals surface area contributed by atoms with Gasteiger partial charge in [0.1, 0.15) is 0 Å². The van der Waals surface area contributed by atoms with Gasteiger partial charge in [0, 0.05) is 9.13 Å². The van der Waals surface area contributed by atoms with Gasteiger partial charge in [-0.3, -0.25) is 4.79 Å². The number of hydrogen-bond acceptors (Lipinski definition) is 2. The molecule has 0 aliphatic heterocycles. The lowest BCUT2D eigenvalue weighted by molar-refractivity contribution is 0.0939. The number of nitrogens with one attached hydrogen (secondary N) is 1. The van der Waals surface area contributed by atoms with E-state index in [1.807, 2.05) is 19.1 Å². The molecule has 5 heteroatoms. The summed E-state index contributed by atoms with van der Waals surface area (Å²) < 4.78 is 19.6. The maximum Gasteiger partial charge on any atom is 0.251 e. The molecular weight excluding hydrogens is 384 g/mol. The van der Waals surface area contributed by atoms with E-state index in [9.17, 15) is 9.18 Å². The first-order valence-corrected chi connectivity index (χ1v) is 7.49. The largest absolute Gasteiger partial charge is 0.494 e. The summed E-state index contributed by atoms with van der Waals surface area (Å²) in [6.07, 6.45) is 0. The molecule has 1 atom stereocenters. The van der Waals surface area contributed by atoms with Gasteiger partial charge in [-0.25, -0.2) is 4.39 Å². The Morgan fingerprint density at radius 3 is 2.67 bits per heavy atom. The predicted molar refractivity (Wildman–Crippen MR) is 88.0 cm³/mol. The molecule has 0 saturated heterocycles. The first-order chi connectivity index (χ1) is 10.0. The van der Waals surface area contributed by atoms with Crippen LogP contribution in [0.4, 0.5) is 4.39 Å². The van der Waals surface area contributed by atoms with Crippen molar-refractivity contribution in [1.29, 1.82) is 0 Å². The number of benzene rings is 2. The van der Waals surface area contributed by atoms with Crippen molar-refractivity contribution in [2.45, 2.75) is 13.0 Å². The van der Waals surface area contributed by atoms with Crippen LogP contribution < -0.4 is 10.1 Å². The van der Waals surface area contributed by atoms with Crippen molar-refractivity contribution in [1.82, 2.24) is 5.32 Å². The minimum Gasteiger partial charge on any atom is -0.494 e. The highest BCUT2D eigenvalue weighted by molar-refractivity contribution is 14.1. The minimum atomic E-state index is -0.439. The second kappa shape index (κ2) is 6.89. The maximum absolute atomic E-state index is 13.7. The highest BCUT2D eigenvalue weighted by Gasteiger charge is 2.13. The van der Waals surface area contributed by atoms with E-state index in [2.05, 4.69) is 27.9 Å². The molecule has 0 heterocycles. The quantitative estimate of drug-likeness (QED) is 0.792. The normalized spacial score (nSPS) is 11.8. The highest BCUT2D eigenvalue weighted by Crippen LogP contribution is 2.22. The summed E-state index contributed by atoms with van der Waals surface area (Å²) in [5.74, 6) is -0.433. The average molecular weight is 399 g/mol. The average Bonchev–Trinajstić information content (AvgIpc) is 2.47. The second-order valence-corrected chi connectivity index (χ2v) is 5.85. The van der Waals surface area contributed by atoms with E-state index in [4.69, 9.17) is 4.74 Å². The molecule has 1 N–H and O–H groups in total. The fraction of sp³-hybridized carbons (Fsp3) is 0.188. The molecule has 110 valence electrons. The van der Waals surface area contributed by atoms with E-state index in [-0.39, 0.29) is 17.7 Å². The van der Waals surface area contributed by atoms with Crippen LogP contribution in [0.2, 0.25) is 0 Å². The van der Waals surface area contributed by atoms with Gasteiger partial charge in [0.05, 0.1) is 13.2 Å². The van der Waals surface area contributed by atoms with Crippen molar-refractivity contribution in [3.8, 4) is 5.75 Å². The number of carbonyl (C=O) groups excluding carboxylic acids is 1. The number of carbonyl (C=O) groups is 1. The smallest absolute Gasteiger partial charge is 0.251 e. The van der Waals surface area contributed by atoms with Crippen LogP contribution in [0, 0.1) is 9.39 Å². The maximum atomic E-state index is 13.7. The van der Waals surface area contributed by atoms with Gasteiger partial charge in [-0.2, -0.15) is 0 Å². The van der Waals surface area contributed by atoms with Crippen molar-refractivity contribution in [3.63, 3.8) is 0 Å². The third-order valence-corrected chi connectivity index (χ3v) is 3.78. The molecule has 0 aliphatic carbocycles. The number of hydrogen-bond donors (Lipinski definition) is 1. The van der Waals surface area contributed by atoms with E-state index >= 15 is 0 Å². The molecule has 0 spiro atoms. The van der Waals surface area contributed by atoms with Gasteiger partial charge in [-0.05, 0) is 65.4 Å². The number of ether oxygens (including phenoxy) is 1. The van der Waals surface area contributed by atoms with Crippen LogP contribution in [0.25, 0.3) is 0 Å². The van der Waals surface area contributed by atoms with Crippen LogP contribution in [0.5, 0.6) is 5.75 Å². The van der Waals surface area contributed by atoms with Gasteiger partial charge >= 0.3 is 0 Å². The molecule has 3 nitrogen and oxygen atoms in total. The summed E-state index contributed by atoms with van der Waals surface area (Å²) in [7, 11) is 1.42. The summed E-state index contributed by atoms with van der Waals surface area (Å²) in [5, 5.41) is 2.85. The minimum absolute atomic E-state index is 0.183. The SMILES string of the molecule is COc1ccc([C@H](C)NC(=O)c2cccc(I)c2)cc1F. The summed E-state index contributed by atoms with van der Waals surface area (Å²) in [5.41, 5.74) is 1.27. The number of methoxy groups -OCH3 is 1. The van der Waals surface area contributed by atoms with Gasteiger partial charge in [0.15, 0.2) is 11.6 Å². The second-order valence-electron chi connectivity index (χ2n) is 4.60. The van der Waals surface area contributed by atoms with Crippen molar-refractivity contribution in [2.75, 3.05) is 7.11 Å². The van der Waals surface area contributed by atoms with Crippen molar-refractivity contribution >= 4 is 28.5 Å². The van der Waals surface area contributed by atoms with Crippen LogP contribution >= 0.6 is 22.6 Å². The fourth-order valence-electron chi connectivity index (χ4n) is 1.94. The predicted octanol–water partition coefficient (Wildman–Crippen LogP) is 3.93. The Hall–Kier alpha value is -1.63. The molecule has 0 saturated carbocycles. The van der Waals surface area contributed by atoms with E-state index in [0.717, 1.165) is 3.57 Å². The van der Waals surface area contributed by atoms with E-state index < -0.39 is 5.82 Å². The zero-order chi connectivity index (χ0) is 15.4. The molecule has 21 heavy (non-hydrogen) atoms. The Morgan fingerprint density at radius 1 is 1.29 bits per heavy atom. The van der Waals surface area contributed by atoms with Crippen molar-refractivity contribution in [2.24, 2.45) is 0 Å². The monoisotopic (exact) mass is 399 g/mol. The third-order valence-electron chi connectivity index (χ3n) is 3.11. The summed E-state index contributed by atoms with van der Waals surface area (Å²) in [6.45, 7) is 1.81. The number of halogens is 2. The molecule has 0 aromatic heterocycles. The fourth-order valence-corrected chi connectivity index (χ4v) is 2.49. The molecule has 1 amide bonds. The molecule has 0 unspecified atom stereocenters. The Balaban J connectivity index is 2.12. The van der Waals surface area contributed by atoms with E-state index in [1.54, 1.807) is 24.3 Å². The Morgan fingerprint density at radius 2 is 2.05 bits per heavy atom. The van der Waals surface area contributed by atoms with Gasteiger partial charge in [-0.15, -0.1) is 0 Å². The number of rotatable bonds is 4. The van der Waals surface area contributed by atoms with Gasteiger partial charge in [0.25, 0.3) is 5.91 Å². The van der Waals surface area contributed by atoms with Crippen LogP contribution in [-0.4, -0.2) is 13.0 Å². The Bertz CT molecular complexity index is 660. The number of amides is 1. The summed E-state index contributed by atoms with van der Waals surface area (Å²) in [6, 6.07) is 11.7. The molecular formula is C16H15FINO2. The first-order valence-electron chi connectivity index (χ1n) is 6.41. The van der Waals surface area contributed by atoms with Crippen molar-refractivity contribution < 1.29 is 13.9 Å². The third kappa shape index (κ3) is 3.93. The van der Waals surface area contributed by atoms with Crippen LogP contribution in [0.3, 0.4) is 0 Å². The highest BCUT2D eigenvalue weighted by atomic mass is 127. The van der Waals surface area contributed by atoms with Gasteiger partial charge in [0.2, 0.25) is 0 Å². The molecule has 0 radical (unpaired) electrons. The molecule has 0 aliphatic rings. The Labute approximate surface area is 136 Å². The molecule has 2 rings (SSSR count). The van der Waals surface area contributed by atoms with Crippen molar-refractivity contribution in [3.05, 3.63) is 63.0 Å². The van der Waals surface area contributed by atoms with Crippen LogP contribution in [-0.2, 0) is 0 Å². The van der Waals surface area contributed by atoms with E-state index in [0.29, 0.717) is 11.1 Å². The summed E-state index contributed by atoms with van der Waals surface area (Å²) in [4.78, 5) is 12.2. The topological polar surface area (TPSA) is 38.3 Å². The lowest BCUT2D eigenvalue weighted by Crippen LogP contribution is -2.26. The lowest BCUT2D eigenvalue weighted by Gasteiger charge is -2.15. The molecule has 0 fully saturated rings. The van der Waals surface area contributed by atoms with Gasteiger partial charge in [-0.1, -0.05) is 12.1 Å². The first kappa shape index (κ1) is 15.8. The van der Waals surface area contributed by atoms with E-state index in [1.165, 1.54) is 13.2 Å².